The van der Waals surface area contributed by atoms with Gasteiger partial charge in [-0.3, -0.25) is 0 Å². The Bertz CT molecular complexity index is 531. The fraction of sp³-hybridized carbons (Fsp3) is 0.824. The Balaban J connectivity index is 1.67. The fourth-order valence-corrected chi connectivity index (χ4v) is 5.29. The minimum Gasteiger partial charge on any atom is -0.212 e. The van der Waals surface area contributed by atoms with Crippen molar-refractivity contribution < 1.29 is 4.48 Å². The van der Waals surface area contributed by atoms with Gasteiger partial charge in [0, 0.05) is 0 Å². The Morgan fingerprint density at radius 3 is 1.00 bits per heavy atom. The van der Waals surface area contributed by atoms with Gasteiger partial charge in [-0.15, -0.1) is 0 Å². The van der Waals surface area contributed by atoms with Crippen molar-refractivity contribution in [1.29, 1.82) is 0 Å². The third-order valence-electron chi connectivity index (χ3n) is 7.74. The molecule has 0 aliphatic carbocycles. The Labute approximate surface area is 226 Å². The number of anilines is 1. The lowest BCUT2D eigenvalue weighted by molar-refractivity contribution is 0.420. The highest BCUT2D eigenvalue weighted by atomic mass is 19.2. The van der Waals surface area contributed by atoms with Crippen LogP contribution in [-0.2, 0) is 0 Å². The molecule has 0 N–H and O–H groups in total. The molecule has 0 aliphatic heterocycles. The molecule has 1 rings (SSSR count). The summed E-state index contributed by atoms with van der Waals surface area (Å²) in [6, 6.07) is 9.38. The van der Waals surface area contributed by atoms with E-state index in [2.05, 4.69) is 6.92 Å². The maximum absolute atomic E-state index is 14.0. The van der Waals surface area contributed by atoms with Crippen molar-refractivity contribution in [3.05, 3.63) is 30.3 Å². The number of hydrogen-bond acceptors (Lipinski definition) is 1. The lowest BCUT2D eigenvalue weighted by Gasteiger charge is -2.13. The summed E-state index contributed by atoms with van der Waals surface area (Å²) in [5.74, 6) is 0. The zero-order valence-corrected chi connectivity index (χ0v) is 24.3. The summed E-state index contributed by atoms with van der Waals surface area (Å²) < 4.78 is 14.0. The van der Waals surface area contributed by atoms with Crippen LogP contribution in [0, 0.1) is 0 Å². The van der Waals surface area contributed by atoms with Gasteiger partial charge in [0.05, 0.1) is 12.2 Å². The van der Waals surface area contributed by atoms with E-state index in [1.807, 2.05) is 30.3 Å². The molecule has 0 bridgehead atoms. The SMILES string of the molecule is CCCCCCCCCCCCCCCCCCCCCCCCCCCCN(F)c1ccccc1. The van der Waals surface area contributed by atoms with E-state index in [1.165, 1.54) is 154 Å². The zero-order valence-electron chi connectivity index (χ0n) is 24.3. The second-order valence-electron chi connectivity index (χ2n) is 11.3. The maximum Gasteiger partial charge on any atom is 0.0687 e. The van der Waals surface area contributed by atoms with E-state index < -0.39 is 0 Å². The number of unbranched alkanes of at least 4 members (excludes halogenated alkanes) is 25. The number of para-hydroxylation sites is 1. The van der Waals surface area contributed by atoms with Crippen LogP contribution in [0.3, 0.4) is 0 Å². The minimum absolute atomic E-state index is 0.517. The van der Waals surface area contributed by atoms with Crippen LogP contribution in [0.1, 0.15) is 174 Å². The van der Waals surface area contributed by atoms with E-state index in [9.17, 15) is 4.48 Å². The molecule has 1 nitrogen and oxygen atoms in total. The van der Waals surface area contributed by atoms with Crippen LogP contribution in [0.5, 0.6) is 0 Å². The molecule has 1 aromatic rings. The smallest absolute Gasteiger partial charge is 0.0687 e. The van der Waals surface area contributed by atoms with Gasteiger partial charge in [-0.1, -0.05) is 190 Å². The Kier molecular flexibility index (Phi) is 24.7. The molecule has 0 fully saturated rings. The van der Waals surface area contributed by atoms with Crippen LogP contribution in [0.2, 0.25) is 0 Å². The maximum atomic E-state index is 14.0. The van der Waals surface area contributed by atoms with Crippen molar-refractivity contribution in [3.8, 4) is 0 Å². The van der Waals surface area contributed by atoms with E-state index in [4.69, 9.17) is 0 Å². The van der Waals surface area contributed by atoms with Crippen molar-refractivity contribution in [1.82, 2.24) is 0 Å². The van der Waals surface area contributed by atoms with Crippen molar-refractivity contribution in [3.63, 3.8) is 0 Å². The first-order valence-electron chi connectivity index (χ1n) is 16.3. The lowest BCUT2D eigenvalue weighted by Crippen LogP contribution is -2.12. The average molecular weight is 504 g/mol. The van der Waals surface area contributed by atoms with Gasteiger partial charge < -0.3 is 0 Å². The molecule has 0 atom stereocenters. The first-order valence-corrected chi connectivity index (χ1v) is 16.3. The highest BCUT2D eigenvalue weighted by molar-refractivity contribution is 5.42. The molecular formula is C34H62FN. The normalized spacial score (nSPS) is 11.3. The Hall–Kier alpha value is -1.05. The van der Waals surface area contributed by atoms with Crippen LogP contribution in [-0.4, -0.2) is 6.54 Å². The summed E-state index contributed by atoms with van der Waals surface area (Å²) in [6.45, 7) is 2.82. The summed E-state index contributed by atoms with van der Waals surface area (Å²) in [6.07, 6.45) is 36.5. The molecule has 0 radical (unpaired) electrons. The molecule has 2 heteroatoms. The van der Waals surface area contributed by atoms with Crippen LogP contribution in [0.15, 0.2) is 30.3 Å². The van der Waals surface area contributed by atoms with E-state index in [0.717, 1.165) is 18.0 Å². The van der Waals surface area contributed by atoms with E-state index >= 15 is 0 Å². The third-order valence-corrected chi connectivity index (χ3v) is 7.74. The number of nitrogens with zero attached hydrogens (tertiary/aromatic N) is 1. The minimum atomic E-state index is 0.517. The second-order valence-corrected chi connectivity index (χ2v) is 11.3. The third kappa shape index (κ3) is 22.2. The average Bonchev–Trinajstić information content (AvgIpc) is 2.91. The molecule has 210 valence electrons. The highest BCUT2D eigenvalue weighted by Crippen LogP contribution is 2.17. The largest absolute Gasteiger partial charge is 0.212 e. The van der Waals surface area contributed by atoms with Crippen LogP contribution < -0.4 is 5.12 Å². The topological polar surface area (TPSA) is 3.24 Å². The molecule has 0 saturated heterocycles. The number of hydrogen-bond donors (Lipinski definition) is 0. The van der Waals surface area contributed by atoms with Crippen molar-refractivity contribution in [2.45, 2.75) is 174 Å². The van der Waals surface area contributed by atoms with Gasteiger partial charge in [-0.05, 0) is 18.6 Å². The molecule has 0 saturated carbocycles. The first-order chi connectivity index (χ1) is 17.8. The first kappa shape index (κ1) is 33.0. The van der Waals surface area contributed by atoms with E-state index in [-0.39, 0.29) is 0 Å². The van der Waals surface area contributed by atoms with Gasteiger partial charge in [0.25, 0.3) is 0 Å². The monoisotopic (exact) mass is 503 g/mol. The summed E-state index contributed by atoms with van der Waals surface area (Å²) in [7, 11) is 0. The summed E-state index contributed by atoms with van der Waals surface area (Å²) in [4.78, 5) is 0. The van der Waals surface area contributed by atoms with Gasteiger partial charge in [0.1, 0.15) is 0 Å². The predicted octanol–water partition coefficient (Wildman–Crippen LogP) is 12.5. The zero-order chi connectivity index (χ0) is 25.8. The molecule has 0 aliphatic rings. The van der Waals surface area contributed by atoms with Gasteiger partial charge in [0.2, 0.25) is 0 Å². The van der Waals surface area contributed by atoms with Crippen molar-refractivity contribution in [2.75, 3.05) is 11.7 Å². The second kappa shape index (κ2) is 27.0. The van der Waals surface area contributed by atoms with Crippen LogP contribution in [0.25, 0.3) is 0 Å². The summed E-state index contributed by atoms with van der Waals surface area (Å²) in [5.41, 5.74) is 0.678. The van der Waals surface area contributed by atoms with Gasteiger partial charge >= 0.3 is 0 Å². The molecule has 0 heterocycles. The fourth-order valence-electron chi connectivity index (χ4n) is 5.29. The standard InChI is InChI=1S/C34H62FN/c1-2-3-4-5-6-7-8-9-10-11-12-13-14-15-16-17-18-19-20-21-22-23-24-25-26-30-33-36(35)34-31-28-27-29-32-34/h27-29,31-32H,2-26,30,33H2,1H3. The van der Waals surface area contributed by atoms with Gasteiger partial charge in [-0.2, -0.15) is 0 Å². The lowest BCUT2D eigenvalue weighted by atomic mass is 10.0. The molecule has 0 amide bonds. The molecule has 1 aromatic carbocycles. The number of halogens is 1. The summed E-state index contributed by atoms with van der Waals surface area (Å²) >= 11 is 0. The highest BCUT2D eigenvalue weighted by Gasteiger charge is 2.03. The van der Waals surface area contributed by atoms with Crippen LogP contribution in [0.4, 0.5) is 10.2 Å². The molecule has 36 heavy (non-hydrogen) atoms. The molecular weight excluding hydrogens is 441 g/mol. The summed E-state index contributed by atoms with van der Waals surface area (Å²) in [5, 5.41) is 0.888. The van der Waals surface area contributed by atoms with Crippen LogP contribution >= 0.6 is 0 Å². The predicted molar refractivity (Wildman–Crippen MR) is 161 cm³/mol. The van der Waals surface area contributed by atoms with E-state index in [0.29, 0.717) is 12.2 Å². The Morgan fingerprint density at radius 2 is 0.694 bits per heavy atom. The molecule has 0 unspecified atom stereocenters. The van der Waals surface area contributed by atoms with Crippen molar-refractivity contribution >= 4 is 5.69 Å². The molecule has 0 spiro atoms. The van der Waals surface area contributed by atoms with E-state index in [1.54, 1.807) is 0 Å². The van der Waals surface area contributed by atoms with Gasteiger partial charge in [0.15, 0.2) is 0 Å². The van der Waals surface area contributed by atoms with Crippen molar-refractivity contribution in [2.24, 2.45) is 0 Å². The Morgan fingerprint density at radius 1 is 0.417 bits per heavy atom. The molecule has 0 aromatic heterocycles. The number of benzene rings is 1. The quantitative estimate of drug-likeness (QED) is 0.0811. The van der Waals surface area contributed by atoms with Gasteiger partial charge in [-0.25, -0.2) is 5.12 Å². The number of rotatable bonds is 28.